The summed E-state index contributed by atoms with van der Waals surface area (Å²) in [6.07, 6.45) is 4.39. The van der Waals surface area contributed by atoms with Gasteiger partial charge in [0, 0.05) is 6.61 Å². The van der Waals surface area contributed by atoms with Gasteiger partial charge in [-0.15, -0.1) is 0 Å². The molecule has 1 rings (SSSR count). The molecule has 4 nitrogen and oxygen atoms in total. The predicted octanol–water partition coefficient (Wildman–Crippen LogP) is 2.14. The lowest BCUT2D eigenvalue weighted by Crippen LogP contribution is -2.28. The average molecular weight is 258 g/mol. The number of ether oxygens (including phenoxy) is 2. The highest BCUT2D eigenvalue weighted by Gasteiger charge is 2.22. The van der Waals surface area contributed by atoms with E-state index in [2.05, 4.69) is 0 Å². The van der Waals surface area contributed by atoms with Crippen LogP contribution in [0.25, 0.3) is 0 Å². The maximum atomic E-state index is 11.4. The molecule has 1 saturated carbocycles. The molecular formula is C14H26O4. The molecule has 1 aliphatic carbocycles. The lowest BCUT2D eigenvalue weighted by atomic mass is 9.82. The summed E-state index contributed by atoms with van der Waals surface area (Å²) in [5, 5.41) is 9.14. The van der Waals surface area contributed by atoms with Gasteiger partial charge in [-0.3, -0.25) is 0 Å². The normalized spacial score (nSPS) is 24.9. The number of hydrogen-bond donors (Lipinski definition) is 1. The summed E-state index contributed by atoms with van der Waals surface area (Å²) < 4.78 is 10.6. The molecule has 0 heterocycles. The first kappa shape index (κ1) is 15.4. The van der Waals surface area contributed by atoms with Crippen molar-refractivity contribution in [1.82, 2.24) is 0 Å². The number of aliphatic hydroxyl groups is 1. The van der Waals surface area contributed by atoms with Crippen LogP contribution in [-0.4, -0.2) is 36.5 Å². The number of carbonyl (C=O) groups excluding carboxylic acids is 1. The molecule has 106 valence electrons. The SMILES string of the molecule is CC(C)(C)OC(=O)COCC1CCCC(CO)C1. The van der Waals surface area contributed by atoms with Crippen LogP contribution in [0.5, 0.6) is 0 Å². The maximum Gasteiger partial charge on any atom is 0.332 e. The summed E-state index contributed by atoms with van der Waals surface area (Å²) in [6, 6.07) is 0. The van der Waals surface area contributed by atoms with Gasteiger partial charge in [0.1, 0.15) is 12.2 Å². The minimum absolute atomic E-state index is 0.0254. The Labute approximate surface area is 110 Å². The topological polar surface area (TPSA) is 55.8 Å². The molecule has 18 heavy (non-hydrogen) atoms. The summed E-state index contributed by atoms with van der Waals surface area (Å²) in [5.41, 5.74) is -0.451. The Morgan fingerprint density at radius 1 is 1.28 bits per heavy atom. The van der Waals surface area contributed by atoms with E-state index in [0.717, 1.165) is 25.7 Å². The molecule has 2 atom stereocenters. The second-order valence-electron chi connectivity index (χ2n) is 6.18. The second kappa shape index (κ2) is 7.10. The molecule has 0 spiro atoms. The van der Waals surface area contributed by atoms with Crippen LogP contribution in [0, 0.1) is 11.8 Å². The van der Waals surface area contributed by atoms with Gasteiger partial charge >= 0.3 is 5.97 Å². The van der Waals surface area contributed by atoms with Gasteiger partial charge in [-0.2, -0.15) is 0 Å². The smallest absolute Gasteiger partial charge is 0.332 e. The first-order valence-electron chi connectivity index (χ1n) is 6.81. The molecule has 0 aromatic heterocycles. The fourth-order valence-electron chi connectivity index (χ4n) is 2.40. The summed E-state index contributed by atoms with van der Waals surface area (Å²) in [6.45, 7) is 6.42. The van der Waals surface area contributed by atoms with Gasteiger partial charge in [-0.1, -0.05) is 6.42 Å². The molecular weight excluding hydrogens is 232 g/mol. The van der Waals surface area contributed by atoms with Crippen molar-refractivity contribution in [2.75, 3.05) is 19.8 Å². The number of esters is 1. The van der Waals surface area contributed by atoms with Crippen LogP contribution in [0.15, 0.2) is 0 Å². The molecule has 0 radical (unpaired) electrons. The van der Waals surface area contributed by atoms with E-state index in [1.807, 2.05) is 20.8 Å². The summed E-state index contributed by atoms with van der Waals surface area (Å²) in [4.78, 5) is 11.4. The third kappa shape index (κ3) is 6.36. The van der Waals surface area contributed by atoms with Crippen molar-refractivity contribution in [3.8, 4) is 0 Å². The van der Waals surface area contributed by atoms with E-state index < -0.39 is 5.60 Å². The van der Waals surface area contributed by atoms with Crippen LogP contribution in [-0.2, 0) is 14.3 Å². The van der Waals surface area contributed by atoms with Gasteiger partial charge in [0.15, 0.2) is 0 Å². The minimum atomic E-state index is -0.451. The fourth-order valence-corrected chi connectivity index (χ4v) is 2.40. The molecule has 2 unspecified atom stereocenters. The number of carbonyl (C=O) groups is 1. The summed E-state index contributed by atoms with van der Waals surface area (Å²) >= 11 is 0. The predicted molar refractivity (Wildman–Crippen MR) is 69.2 cm³/mol. The zero-order valence-electron chi connectivity index (χ0n) is 11.8. The van der Waals surface area contributed by atoms with Crippen molar-refractivity contribution in [3.63, 3.8) is 0 Å². The molecule has 0 aromatic rings. The van der Waals surface area contributed by atoms with Crippen molar-refractivity contribution in [3.05, 3.63) is 0 Å². The van der Waals surface area contributed by atoms with E-state index in [-0.39, 0.29) is 19.2 Å². The van der Waals surface area contributed by atoms with E-state index >= 15 is 0 Å². The van der Waals surface area contributed by atoms with Crippen molar-refractivity contribution in [2.24, 2.45) is 11.8 Å². The molecule has 0 aliphatic heterocycles. The van der Waals surface area contributed by atoms with Crippen LogP contribution < -0.4 is 0 Å². The Bertz CT molecular complexity index is 257. The first-order chi connectivity index (χ1) is 8.40. The van der Waals surface area contributed by atoms with E-state index in [0.29, 0.717) is 18.4 Å². The Kier molecular flexibility index (Phi) is 6.09. The molecule has 1 fully saturated rings. The lowest BCUT2D eigenvalue weighted by Gasteiger charge is -2.27. The summed E-state index contributed by atoms with van der Waals surface area (Å²) in [5.74, 6) is 0.573. The third-order valence-corrected chi connectivity index (χ3v) is 3.14. The van der Waals surface area contributed by atoms with Crippen LogP contribution in [0.3, 0.4) is 0 Å². The zero-order chi connectivity index (χ0) is 13.6. The number of hydrogen-bond acceptors (Lipinski definition) is 4. The lowest BCUT2D eigenvalue weighted by molar-refractivity contribution is -0.160. The highest BCUT2D eigenvalue weighted by molar-refractivity contribution is 5.71. The van der Waals surface area contributed by atoms with Crippen molar-refractivity contribution >= 4 is 5.97 Å². The Hall–Kier alpha value is -0.610. The molecule has 0 amide bonds. The Balaban J connectivity index is 2.15. The standard InChI is InChI=1S/C14H26O4/c1-14(2,3)18-13(16)10-17-9-12-6-4-5-11(7-12)8-15/h11-12,15H,4-10H2,1-3H3. The number of aliphatic hydroxyl groups excluding tert-OH is 1. The van der Waals surface area contributed by atoms with Crippen molar-refractivity contribution in [1.29, 1.82) is 0 Å². The van der Waals surface area contributed by atoms with E-state index in [1.54, 1.807) is 0 Å². The van der Waals surface area contributed by atoms with E-state index in [9.17, 15) is 4.79 Å². The maximum absolute atomic E-state index is 11.4. The van der Waals surface area contributed by atoms with Gasteiger partial charge in [-0.25, -0.2) is 4.79 Å². The third-order valence-electron chi connectivity index (χ3n) is 3.14. The van der Waals surface area contributed by atoms with Gasteiger partial charge in [0.05, 0.1) is 6.61 Å². The molecule has 1 N–H and O–H groups in total. The molecule has 4 heteroatoms. The Morgan fingerprint density at radius 3 is 2.56 bits per heavy atom. The van der Waals surface area contributed by atoms with Crippen molar-refractivity contribution < 1.29 is 19.4 Å². The van der Waals surface area contributed by atoms with Crippen LogP contribution >= 0.6 is 0 Å². The monoisotopic (exact) mass is 258 g/mol. The fraction of sp³-hybridized carbons (Fsp3) is 0.929. The molecule has 0 bridgehead atoms. The molecule has 1 aliphatic rings. The van der Waals surface area contributed by atoms with Gasteiger partial charge in [0.2, 0.25) is 0 Å². The zero-order valence-corrected chi connectivity index (χ0v) is 11.8. The first-order valence-corrected chi connectivity index (χ1v) is 6.81. The molecule has 0 aromatic carbocycles. The highest BCUT2D eigenvalue weighted by Crippen LogP contribution is 2.28. The Morgan fingerprint density at radius 2 is 1.94 bits per heavy atom. The minimum Gasteiger partial charge on any atom is -0.458 e. The van der Waals surface area contributed by atoms with Crippen LogP contribution in [0.4, 0.5) is 0 Å². The number of rotatable bonds is 5. The summed E-state index contributed by atoms with van der Waals surface area (Å²) in [7, 11) is 0. The van der Waals surface area contributed by atoms with Crippen molar-refractivity contribution in [2.45, 2.75) is 52.1 Å². The second-order valence-corrected chi connectivity index (χ2v) is 6.18. The van der Waals surface area contributed by atoms with E-state index in [1.165, 1.54) is 0 Å². The van der Waals surface area contributed by atoms with Crippen LogP contribution in [0.1, 0.15) is 46.5 Å². The van der Waals surface area contributed by atoms with E-state index in [4.69, 9.17) is 14.6 Å². The average Bonchev–Trinajstić information content (AvgIpc) is 2.27. The quantitative estimate of drug-likeness (QED) is 0.768. The molecule has 0 saturated heterocycles. The van der Waals surface area contributed by atoms with Crippen LogP contribution in [0.2, 0.25) is 0 Å². The van der Waals surface area contributed by atoms with Gasteiger partial charge in [0.25, 0.3) is 0 Å². The van der Waals surface area contributed by atoms with Gasteiger partial charge in [-0.05, 0) is 51.9 Å². The van der Waals surface area contributed by atoms with Gasteiger partial charge < -0.3 is 14.6 Å². The highest BCUT2D eigenvalue weighted by atomic mass is 16.6. The largest absolute Gasteiger partial charge is 0.458 e.